The van der Waals surface area contributed by atoms with Crippen LogP contribution in [-0.4, -0.2) is 4.57 Å². The number of fused-ring (bicyclic) bond motifs is 3. The molecule has 202 valence electrons. The maximum Gasteiger partial charge on any atom is 0.0542 e. The predicted molar refractivity (Wildman–Crippen MR) is 184 cm³/mol. The van der Waals surface area contributed by atoms with Crippen molar-refractivity contribution in [2.75, 3.05) is 4.90 Å². The number of anilines is 3. The van der Waals surface area contributed by atoms with Crippen LogP contribution in [0, 0.1) is 6.92 Å². The monoisotopic (exact) mass is 548 g/mol. The molecule has 43 heavy (non-hydrogen) atoms. The van der Waals surface area contributed by atoms with Gasteiger partial charge in [-0.3, -0.25) is 0 Å². The second-order valence-electron chi connectivity index (χ2n) is 11.5. The Hall–Kier alpha value is -5.60. The highest BCUT2D eigenvalue weighted by Crippen LogP contribution is 2.43. The molecule has 9 aromatic rings. The van der Waals surface area contributed by atoms with Crippen molar-refractivity contribution in [3.63, 3.8) is 0 Å². The number of hydrogen-bond acceptors (Lipinski definition) is 1. The molecule has 1 heterocycles. The Balaban J connectivity index is 1.31. The first kappa shape index (κ1) is 24.0. The van der Waals surface area contributed by atoms with E-state index in [4.69, 9.17) is 0 Å². The van der Waals surface area contributed by atoms with Gasteiger partial charge in [-0.05, 0) is 99.9 Å². The van der Waals surface area contributed by atoms with Crippen LogP contribution in [0.5, 0.6) is 0 Å². The fourth-order valence-corrected chi connectivity index (χ4v) is 6.96. The molecule has 0 atom stereocenters. The summed E-state index contributed by atoms with van der Waals surface area (Å²) in [7, 11) is 0. The van der Waals surface area contributed by atoms with E-state index >= 15 is 0 Å². The minimum atomic E-state index is 1.14. The van der Waals surface area contributed by atoms with Gasteiger partial charge in [0.05, 0.1) is 11.0 Å². The Bertz CT molecular complexity index is 2390. The predicted octanol–water partition coefficient (Wildman–Crippen LogP) is 11.5. The van der Waals surface area contributed by atoms with E-state index in [0.717, 1.165) is 17.1 Å². The summed E-state index contributed by atoms with van der Waals surface area (Å²) in [6.45, 7) is 2.15. The van der Waals surface area contributed by atoms with Gasteiger partial charge in [-0.25, -0.2) is 0 Å². The van der Waals surface area contributed by atoms with Crippen molar-refractivity contribution < 1.29 is 0 Å². The van der Waals surface area contributed by atoms with Crippen molar-refractivity contribution in [1.82, 2.24) is 4.57 Å². The maximum absolute atomic E-state index is 2.40. The molecule has 0 aliphatic heterocycles. The fourth-order valence-electron chi connectivity index (χ4n) is 6.96. The second-order valence-corrected chi connectivity index (χ2v) is 11.5. The highest BCUT2D eigenvalue weighted by Gasteiger charge is 2.19. The largest absolute Gasteiger partial charge is 0.310 e. The van der Waals surface area contributed by atoms with Crippen molar-refractivity contribution in [2.45, 2.75) is 6.92 Å². The molecule has 0 aliphatic rings. The number of rotatable bonds is 4. The van der Waals surface area contributed by atoms with E-state index in [0.29, 0.717) is 0 Å². The molecule has 0 amide bonds. The Morgan fingerprint density at radius 3 is 1.77 bits per heavy atom. The summed E-state index contributed by atoms with van der Waals surface area (Å²) in [6.07, 6.45) is 0. The minimum absolute atomic E-state index is 1.14. The molecule has 0 saturated carbocycles. The highest BCUT2D eigenvalue weighted by molar-refractivity contribution is 6.24. The van der Waals surface area contributed by atoms with Gasteiger partial charge in [0.2, 0.25) is 0 Å². The van der Waals surface area contributed by atoms with E-state index in [1.807, 2.05) is 0 Å². The molecule has 8 aromatic carbocycles. The summed E-state index contributed by atoms with van der Waals surface area (Å²) in [5, 5.41) is 10.3. The van der Waals surface area contributed by atoms with E-state index in [-0.39, 0.29) is 0 Å². The summed E-state index contributed by atoms with van der Waals surface area (Å²) < 4.78 is 2.37. The topological polar surface area (TPSA) is 8.17 Å². The molecule has 0 bridgehead atoms. The van der Waals surface area contributed by atoms with Crippen LogP contribution in [-0.2, 0) is 0 Å². The Labute approximate surface area is 250 Å². The number of hydrogen-bond donors (Lipinski definition) is 0. The van der Waals surface area contributed by atoms with Crippen molar-refractivity contribution >= 4 is 71.2 Å². The summed E-state index contributed by atoms with van der Waals surface area (Å²) in [6, 6.07) is 55.5. The van der Waals surface area contributed by atoms with Gasteiger partial charge in [0.1, 0.15) is 0 Å². The molecular formula is C41H28N2. The molecular weight excluding hydrogens is 520 g/mol. The van der Waals surface area contributed by atoms with Crippen LogP contribution in [0.2, 0.25) is 0 Å². The van der Waals surface area contributed by atoms with Gasteiger partial charge in [-0.2, -0.15) is 0 Å². The first-order chi connectivity index (χ1) is 21.2. The van der Waals surface area contributed by atoms with Crippen LogP contribution in [0.15, 0.2) is 152 Å². The van der Waals surface area contributed by atoms with Crippen LogP contribution in [0.4, 0.5) is 17.1 Å². The lowest BCUT2D eigenvalue weighted by Crippen LogP contribution is -2.10. The summed E-state index contributed by atoms with van der Waals surface area (Å²) >= 11 is 0. The average Bonchev–Trinajstić information content (AvgIpc) is 3.39. The number of aryl methyl sites for hydroxylation is 1. The molecule has 0 saturated heterocycles. The number of nitrogens with zero attached hydrogens (tertiary/aromatic N) is 2. The molecule has 1 aromatic heterocycles. The van der Waals surface area contributed by atoms with Crippen molar-refractivity contribution in [1.29, 1.82) is 0 Å². The van der Waals surface area contributed by atoms with Crippen molar-refractivity contribution in [2.24, 2.45) is 0 Å². The summed E-state index contributed by atoms with van der Waals surface area (Å²) in [5.41, 5.74) is 8.27. The third-order valence-electron chi connectivity index (χ3n) is 8.93. The van der Waals surface area contributed by atoms with E-state index in [1.165, 1.54) is 65.4 Å². The van der Waals surface area contributed by atoms with Gasteiger partial charge < -0.3 is 9.47 Å². The Morgan fingerprint density at radius 2 is 1.02 bits per heavy atom. The first-order valence-corrected chi connectivity index (χ1v) is 14.9. The Morgan fingerprint density at radius 1 is 0.419 bits per heavy atom. The van der Waals surface area contributed by atoms with Gasteiger partial charge in [0, 0.05) is 33.5 Å². The first-order valence-electron chi connectivity index (χ1n) is 14.9. The highest BCUT2D eigenvalue weighted by atomic mass is 15.1. The van der Waals surface area contributed by atoms with Gasteiger partial charge in [-0.1, -0.05) is 96.6 Å². The van der Waals surface area contributed by atoms with E-state index < -0.39 is 0 Å². The maximum atomic E-state index is 2.40. The van der Waals surface area contributed by atoms with Crippen LogP contribution in [0.1, 0.15) is 5.56 Å². The number of benzene rings is 8. The smallest absolute Gasteiger partial charge is 0.0542 e. The van der Waals surface area contributed by atoms with Crippen LogP contribution in [0.3, 0.4) is 0 Å². The molecule has 9 rings (SSSR count). The van der Waals surface area contributed by atoms with E-state index in [1.54, 1.807) is 0 Å². The van der Waals surface area contributed by atoms with Gasteiger partial charge in [-0.15, -0.1) is 0 Å². The van der Waals surface area contributed by atoms with E-state index in [2.05, 4.69) is 168 Å². The summed E-state index contributed by atoms with van der Waals surface area (Å²) in [4.78, 5) is 2.40. The van der Waals surface area contributed by atoms with Crippen LogP contribution < -0.4 is 4.90 Å². The van der Waals surface area contributed by atoms with Gasteiger partial charge in [0.15, 0.2) is 0 Å². The standard InChI is InChI=1S/C41H28N2/c1-27-14-20-33(21-15-27)42(35-24-30-18-16-28-8-7-9-29-17-19-31(25-35)41(30)40(28)29)34-22-23-39-37(26-34)36-12-5-6-13-38(36)43(39)32-10-3-2-4-11-32/h2-26H,1H3. The van der Waals surface area contributed by atoms with Crippen molar-refractivity contribution in [3.8, 4) is 5.69 Å². The molecule has 0 spiro atoms. The van der Waals surface area contributed by atoms with Crippen LogP contribution in [0.25, 0.3) is 59.8 Å². The van der Waals surface area contributed by atoms with Gasteiger partial charge >= 0.3 is 0 Å². The fraction of sp³-hybridized carbons (Fsp3) is 0.0244. The lowest BCUT2D eigenvalue weighted by Gasteiger charge is -2.27. The third kappa shape index (κ3) is 3.67. The zero-order valence-corrected chi connectivity index (χ0v) is 23.8. The average molecular weight is 549 g/mol. The lowest BCUT2D eigenvalue weighted by atomic mass is 9.93. The second kappa shape index (κ2) is 9.20. The van der Waals surface area contributed by atoms with Crippen molar-refractivity contribution in [3.05, 3.63) is 157 Å². The Kier molecular flexibility index (Phi) is 5.15. The number of aromatic nitrogens is 1. The zero-order chi connectivity index (χ0) is 28.5. The minimum Gasteiger partial charge on any atom is -0.310 e. The molecule has 0 aliphatic carbocycles. The normalized spacial score (nSPS) is 11.8. The lowest BCUT2D eigenvalue weighted by molar-refractivity contribution is 1.18. The van der Waals surface area contributed by atoms with Gasteiger partial charge in [0.25, 0.3) is 0 Å². The number of para-hydroxylation sites is 2. The quantitative estimate of drug-likeness (QED) is 0.199. The van der Waals surface area contributed by atoms with E-state index in [9.17, 15) is 0 Å². The zero-order valence-electron chi connectivity index (χ0n) is 23.8. The molecule has 0 fully saturated rings. The molecule has 2 heteroatoms. The SMILES string of the molecule is Cc1ccc(N(c2cc3ccc4cccc5ccc(c2)c3c45)c2ccc3c(c2)c2ccccc2n3-c2ccccc2)cc1. The molecule has 0 radical (unpaired) electrons. The summed E-state index contributed by atoms with van der Waals surface area (Å²) in [5.74, 6) is 0. The van der Waals surface area contributed by atoms with Crippen LogP contribution >= 0.6 is 0 Å². The molecule has 0 unspecified atom stereocenters. The molecule has 0 N–H and O–H groups in total. The third-order valence-corrected chi connectivity index (χ3v) is 8.93. The molecule has 2 nitrogen and oxygen atoms in total.